The molecule has 0 aliphatic heterocycles. The van der Waals surface area contributed by atoms with Gasteiger partial charge in [0.15, 0.2) is 12.0 Å². The van der Waals surface area contributed by atoms with Crippen molar-refractivity contribution in [2.45, 2.75) is 6.35 Å². The van der Waals surface area contributed by atoms with Crippen LogP contribution in [-0.2, 0) is 0 Å². The first-order valence-electron chi connectivity index (χ1n) is 8.26. The number of phenolic OH excluding ortho intramolecular Hbond substituents is 1. The van der Waals surface area contributed by atoms with Crippen molar-refractivity contribution in [3.8, 4) is 16.9 Å². The summed E-state index contributed by atoms with van der Waals surface area (Å²) in [6.45, 7) is 1.85. The van der Waals surface area contributed by atoms with Crippen LogP contribution in [0.4, 0.5) is 5.82 Å². The van der Waals surface area contributed by atoms with E-state index in [4.69, 9.17) is 0 Å². The number of phenols is 1. The molecule has 3 aromatic rings. The first kappa shape index (κ1) is 18.6. The van der Waals surface area contributed by atoms with Crippen molar-refractivity contribution in [2.75, 3.05) is 30.3 Å². The number of anilines is 1. The monoisotopic (exact) mass is 420 g/mol. The molecule has 0 bridgehead atoms. The number of fused-ring (bicyclic) bond motifs is 1. The molecule has 1 unspecified atom stereocenters. The molecule has 26 heavy (non-hydrogen) atoms. The highest BCUT2D eigenvalue weighted by Crippen LogP contribution is 2.26. The Kier molecular flexibility index (Phi) is 6.40. The molecule has 0 saturated heterocycles. The topological polar surface area (TPSA) is 107 Å². The minimum atomic E-state index is -0.739. The molecule has 1 aromatic carbocycles. The molecule has 3 rings (SSSR count). The first-order chi connectivity index (χ1) is 12.7. The molecule has 0 aliphatic carbocycles. The lowest BCUT2D eigenvalue weighted by Crippen LogP contribution is -2.44. The summed E-state index contributed by atoms with van der Waals surface area (Å²) in [6, 6.07) is 8.85. The lowest BCUT2D eigenvalue weighted by molar-refractivity contribution is 0.106. The Morgan fingerprint density at radius 1 is 1.15 bits per heavy atom. The second-order valence-corrected chi connectivity index (χ2v) is 6.41. The van der Waals surface area contributed by atoms with Gasteiger partial charge in [0, 0.05) is 36.7 Å². The summed E-state index contributed by atoms with van der Waals surface area (Å²) in [5.41, 5.74) is 2.40. The molecule has 0 aliphatic rings. The summed E-state index contributed by atoms with van der Waals surface area (Å²) >= 11 is 3.29. The fraction of sp³-hybridized carbons (Fsp3) is 0.294. The average molecular weight is 421 g/mol. The predicted octanol–water partition coefficient (Wildman–Crippen LogP) is 1.36. The zero-order chi connectivity index (χ0) is 18.4. The first-order valence-corrected chi connectivity index (χ1v) is 9.38. The van der Waals surface area contributed by atoms with Gasteiger partial charge in [-0.05, 0) is 23.8 Å². The third kappa shape index (κ3) is 4.70. The van der Waals surface area contributed by atoms with Gasteiger partial charge >= 0.3 is 0 Å². The number of hydrogen-bond donors (Lipinski definition) is 5. The number of rotatable bonds is 9. The quantitative estimate of drug-likeness (QED) is 0.202. The Balaban J connectivity index is 1.64. The van der Waals surface area contributed by atoms with E-state index in [-0.39, 0.29) is 5.75 Å². The molecular formula is C17H21BrN6O2. The van der Waals surface area contributed by atoms with Crippen LogP contribution in [0.1, 0.15) is 0 Å². The van der Waals surface area contributed by atoms with Crippen LogP contribution in [0.25, 0.3) is 16.8 Å². The van der Waals surface area contributed by atoms with Crippen molar-refractivity contribution in [3.05, 3.63) is 42.7 Å². The Bertz CT molecular complexity index is 856. The number of aliphatic hydroxyl groups excluding tert-OH is 1. The summed E-state index contributed by atoms with van der Waals surface area (Å²) < 4.78 is 1.69. The molecular weight excluding hydrogens is 400 g/mol. The standard InChI is InChI=1S/C17H21BrN6O2/c18-5-6-20-17(26)21-8-7-19-15-4-9-24-16(23-15)14(11-22-24)12-2-1-3-13(25)10-12/h1-4,9-11,17,20-21,25-26H,5-8H2,(H,19,23). The van der Waals surface area contributed by atoms with Crippen molar-refractivity contribution in [1.82, 2.24) is 25.2 Å². The number of aromatic hydroxyl groups is 1. The van der Waals surface area contributed by atoms with Gasteiger partial charge in [-0.2, -0.15) is 5.10 Å². The molecule has 9 heteroatoms. The summed E-state index contributed by atoms with van der Waals surface area (Å²) in [5.74, 6) is 0.915. The van der Waals surface area contributed by atoms with Crippen LogP contribution >= 0.6 is 15.9 Å². The van der Waals surface area contributed by atoms with E-state index >= 15 is 0 Å². The second kappa shape index (κ2) is 8.95. The van der Waals surface area contributed by atoms with Crippen molar-refractivity contribution in [2.24, 2.45) is 0 Å². The normalized spacial score (nSPS) is 12.4. The van der Waals surface area contributed by atoms with Gasteiger partial charge in [-0.3, -0.25) is 10.6 Å². The number of alkyl halides is 1. The third-order valence-electron chi connectivity index (χ3n) is 3.73. The minimum absolute atomic E-state index is 0.203. The highest BCUT2D eigenvalue weighted by molar-refractivity contribution is 9.09. The van der Waals surface area contributed by atoms with E-state index in [0.717, 1.165) is 16.5 Å². The van der Waals surface area contributed by atoms with Crippen LogP contribution in [0.15, 0.2) is 42.7 Å². The summed E-state index contributed by atoms with van der Waals surface area (Å²) in [5, 5.41) is 33.5. The number of aromatic nitrogens is 3. The van der Waals surface area contributed by atoms with E-state index in [1.807, 2.05) is 18.3 Å². The van der Waals surface area contributed by atoms with Crippen LogP contribution in [-0.4, -0.2) is 56.1 Å². The molecule has 5 N–H and O–H groups in total. The Morgan fingerprint density at radius 2 is 2.00 bits per heavy atom. The summed E-state index contributed by atoms with van der Waals surface area (Å²) in [6.07, 6.45) is 2.82. The molecule has 0 amide bonds. The summed E-state index contributed by atoms with van der Waals surface area (Å²) in [7, 11) is 0. The highest BCUT2D eigenvalue weighted by Gasteiger charge is 2.09. The summed E-state index contributed by atoms with van der Waals surface area (Å²) in [4.78, 5) is 4.60. The second-order valence-electron chi connectivity index (χ2n) is 5.62. The van der Waals surface area contributed by atoms with Crippen LogP contribution in [0, 0.1) is 0 Å². The maximum Gasteiger partial charge on any atom is 0.165 e. The maximum atomic E-state index is 9.69. The van der Waals surface area contributed by atoms with Crippen molar-refractivity contribution in [3.63, 3.8) is 0 Å². The zero-order valence-corrected chi connectivity index (χ0v) is 15.6. The van der Waals surface area contributed by atoms with Gasteiger partial charge in [0.05, 0.1) is 6.20 Å². The molecule has 2 aromatic heterocycles. The number of hydrogen-bond acceptors (Lipinski definition) is 7. The predicted molar refractivity (Wildman–Crippen MR) is 104 cm³/mol. The zero-order valence-electron chi connectivity index (χ0n) is 14.1. The van der Waals surface area contributed by atoms with Crippen molar-refractivity contribution < 1.29 is 10.2 Å². The molecule has 0 radical (unpaired) electrons. The highest BCUT2D eigenvalue weighted by atomic mass is 79.9. The number of aliphatic hydroxyl groups is 1. The van der Waals surface area contributed by atoms with Gasteiger partial charge < -0.3 is 15.5 Å². The van der Waals surface area contributed by atoms with Gasteiger partial charge in [0.1, 0.15) is 11.6 Å². The van der Waals surface area contributed by atoms with Gasteiger partial charge in [-0.15, -0.1) is 0 Å². The van der Waals surface area contributed by atoms with E-state index in [2.05, 4.69) is 42.0 Å². The number of halogens is 1. The number of benzene rings is 1. The molecule has 0 spiro atoms. The van der Waals surface area contributed by atoms with E-state index < -0.39 is 6.35 Å². The Morgan fingerprint density at radius 3 is 2.81 bits per heavy atom. The Labute approximate surface area is 159 Å². The molecule has 0 fully saturated rings. The SMILES string of the molecule is Oc1cccc(-c2cnn3ccc(NCCNC(O)NCCBr)nc23)c1. The molecule has 1 atom stereocenters. The van der Waals surface area contributed by atoms with Crippen LogP contribution in [0.3, 0.4) is 0 Å². The van der Waals surface area contributed by atoms with Crippen molar-refractivity contribution >= 4 is 27.4 Å². The van der Waals surface area contributed by atoms with E-state index in [1.54, 1.807) is 28.9 Å². The average Bonchev–Trinajstić information content (AvgIpc) is 3.07. The minimum Gasteiger partial charge on any atom is -0.508 e. The van der Waals surface area contributed by atoms with E-state index in [9.17, 15) is 10.2 Å². The third-order valence-corrected chi connectivity index (χ3v) is 4.12. The fourth-order valence-electron chi connectivity index (χ4n) is 2.51. The van der Waals surface area contributed by atoms with Crippen LogP contribution in [0.2, 0.25) is 0 Å². The molecule has 0 saturated carbocycles. The van der Waals surface area contributed by atoms with E-state index in [0.29, 0.717) is 31.1 Å². The number of nitrogens with one attached hydrogen (secondary N) is 3. The lowest BCUT2D eigenvalue weighted by atomic mass is 10.1. The largest absolute Gasteiger partial charge is 0.508 e. The molecule has 2 heterocycles. The van der Waals surface area contributed by atoms with Gasteiger partial charge in [-0.25, -0.2) is 9.50 Å². The van der Waals surface area contributed by atoms with Crippen molar-refractivity contribution in [1.29, 1.82) is 0 Å². The molecule has 138 valence electrons. The van der Waals surface area contributed by atoms with Gasteiger partial charge in [0.2, 0.25) is 0 Å². The lowest BCUT2D eigenvalue weighted by Gasteiger charge is -2.14. The van der Waals surface area contributed by atoms with Crippen LogP contribution in [0.5, 0.6) is 5.75 Å². The molecule has 8 nitrogen and oxygen atoms in total. The smallest absolute Gasteiger partial charge is 0.165 e. The van der Waals surface area contributed by atoms with E-state index in [1.165, 1.54) is 0 Å². The fourth-order valence-corrected chi connectivity index (χ4v) is 2.74. The van der Waals surface area contributed by atoms with Crippen LogP contribution < -0.4 is 16.0 Å². The number of nitrogens with zero attached hydrogens (tertiary/aromatic N) is 3. The van der Waals surface area contributed by atoms with Gasteiger partial charge in [0.25, 0.3) is 0 Å². The van der Waals surface area contributed by atoms with Gasteiger partial charge in [-0.1, -0.05) is 28.1 Å². The Hall–Kier alpha value is -2.20. The maximum absolute atomic E-state index is 9.69.